The van der Waals surface area contributed by atoms with E-state index < -0.39 is 15.9 Å². The van der Waals surface area contributed by atoms with Crippen LogP contribution in [-0.2, 0) is 14.8 Å². The SMILES string of the molecule is Cc1ccc(NS(=O)(=O)c2ccc(NC(=S)NC(=O)COc3ccc(Br)cc3Br)cc2)c(C)c1. The molecule has 1 amide bonds. The number of aryl methyl sites for hydroxylation is 2. The van der Waals surface area contributed by atoms with Crippen molar-refractivity contribution in [3.05, 3.63) is 80.7 Å². The van der Waals surface area contributed by atoms with Gasteiger partial charge in [-0.1, -0.05) is 33.6 Å². The summed E-state index contributed by atoms with van der Waals surface area (Å²) in [6.07, 6.45) is 0. The Morgan fingerprint density at radius 2 is 1.71 bits per heavy atom. The van der Waals surface area contributed by atoms with Crippen LogP contribution < -0.4 is 20.1 Å². The largest absolute Gasteiger partial charge is 0.483 e. The van der Waals surface area contributed by atoms with Gasteiger partial charge in [0.05, 0.1) is 15.1 Å². The molecule has 178 valence electrons. The van der Waals surface area contributed by atoms with E-state index in [1.807, 2.05) is 26.0 Å². The lowest BCUT2D eigenvalue weighted by molar-refractivity contribution is -0.121. The van der Waals surface area contributed by atoms with Crippen LogP contribution in [0.2, 0.25) is 0 Å². The van der Waals surface area contributed by atoms with E-state index in [9.17, 15) is 13.2 Å². The van der Waals surface area contributed by atoms with Crippen LogP contribution in [0.1, 0.15) is 11.1 Å². The summed E-state index contributed by atoms with van der Waals surface area (Å²) in [5.41, 5.74) is 2.92. The summed E-state index contributed by atoms with van der Waals surface area (Å²) in [6.45, 7) is 3.55. The molecule has 7 nitrogen and oxygen atoms in total. The van der Waals surface area contributed by atoms with Gasteiger partial charge in [0, 0.05) is 10.2 Å². The van der Waals surface area contributed by atoms with Crippen LogP contribution in [0.15, 0.2) is 74.5 Å². The van der Waals surface area contributed by atoms with E-state index in [2.05, 4.69) is 47.2 Å². The third kappa shape index (κ3) is 7.26. The highest BCUT2D eigenvalue weighted by Gasteiger charge is 2.15. The highest BCUT2D eigenvalue weighted by Crippen LogP contribution is 2.28. The summed E-state index contributed by atoms with van der Waals surface area (Å²) in [6, 6.07) is 16.8. The number of hydrogen-bond donors (Lipinski definition) is 3. The molecular formula is C23H21Br2N3O4S2. The second-order valence-electron chi connectivity index (χ2n) is 7.31. The minimum Gasteiger partial charge on any atom is -0.483 e. The molecule has 0 aromatic heterocycles. The summed E-state index contributed by atoms with van der Waals surface area (Å²) in [5.74, 6) is 0.0765. The van der Waals surface area contributed by atoms with Crippen molar-refractivity contribution in [1.29, 1.82) is 0 Å². The lowest BCUT2D eigenvalue weighted by atomic mass is 10.1. The summed E-state index contributed by atoms with van der Waals surface area (Å²) in [5, 5.41) is 5.43. The predicted molar refractivity (Wildman–Crippen MR) is 145 cm³/mol. The number of carbonyl (C=O) groups is 1. The van der Waals surface area contributed by atoms with E-state index >= 15 is 0 Å². The molecule has 0 radical (unpaired) electrons. The standard InChI is InChI=1S/C23H21Br2N3O4S2/c1-14-3-9-20(15(2)11-14)28-34(30,31)18-7-5-17(6-8-18)26-23(33)27-22(29)13-32-21-10-4-16(24)12-19(21)25/h3-12,28H,13H2,1-2H3,(H2,26,27,29,33). The Labute approximate surface area is 220 Å². The minimum atomic E-state index is -3.76. The smallest absolute Gasteiger partial charge is 0.264 e. The summed E-state index contributed by atoms with van der Waals surface area (Å²) >= 11 is 11.9. The molecule has 3 aromatic rings. The number of carbonyl (C=O) groups excluding carboxylic acids is 1. The zero-order valence-corrected chi connectivity index (χ0v) is 23.0. The Balaban J connectivity index is 1.55. The molecule has 0 fully saturated rings. The van der Waals surface area contributed by atoms with Crippen molar-refractivity contribution >= 4 is 76.5 Å². The minimum absolute atomic E-state index is 0.0625. The summed E-state index contributed by atoms with van der Waals surface area (Å²) in [4.78, 5) is 12.2. The van der Waals surface area contributed by atoms with Crippen LogP contribution in [0.25, 0.3) is 0 Å². The number of sulfonamides is 1. The van der Waals surface area contributed by atoms with Gasteiger partial charge in [-0.05, 0) is 96.1 Å². The molecule has 11 heteroatoms. The van der Waals surface area contributed by atoms with Crippen LogP contribution >= 0.6 is 44.1 Å². The maximum absolute atomic E-state index is 12.7. The van der Waals surface area contributed by atoms with E-state index in [-0.39, 0.29) is 16.6 Å². The van der Waals surface area contributed by atoms with Gasteiger partial charge in [0.25, 0.3) is 15.9 Å². The lowest BCUT2D eigenvalue weighted by Gasteiger charge is -2.13. The van der Waals surface area contributed by atoms with E-state index in [1.54, 1.807) is 36.4 Å². The van der Waals surface area contributed by atoms with Crippen molar-refractivity contribution in [1.82, 2.24) is 5.32 Å². The molecule has 34 heavy (non-hydrogen) atoms. The quantitative estimate of drug-likeness (QED) is 0.299. The van der Waals surface area contributed by atoms with Gasteiger partial charge in [0.1, 0.15) is 5.75 Å². The molecule has 0 aliphatic rings. The average Bonchev–Trinajstić information content (AvgIpc) is 2.75. The number of anilines is 2. The molecule has 3 N–H and O–H groups in total. The molecule has 0 saturated carbocycles. The average molecular weight is 627 g/mol. The molecule has 0 saturated heterocycles. The summed E-state index contributed by atoms with van der Waals surface area (Å²) in [7, 11) is -3.76. The number of rotatable bonds is 7. The Morgan fingerprint density at radius 3 is 2.35 bits per heavy atom. The fourth-order valence-corrected chi connectivity index (χ4v) is 5.43. The second-order valence-corrected chi connectivity index (χ2v) is 11.2. The van der Waals surface area contributed by atoms with Crippen molar-refractivity contribution in [2.24, 2.45) is 0 Å². The van der Waals surface area contributed by atoms with Crippen molar-refractivity contribution < 1.29 is 17.9 Å². The van der Waals surface area contributed by atoms with Crippen molar-refractivity contribution in [3.8, 4) is 5.75 Å². The Hall–Kier alpha value is -2.47. The fraction of sp³-hybridized carbons (Fsp3) is 0.130. The topological polar surface area (TPSA) is 96.5 Å². The van der Waals surface area contributed by atoms with Gasteiger partial charge in [-0.25, -0.2) is 8.42 Å². The Bertz CT molecular complexity index is 1330. The van der Waals surface area contributed by atoms with Crippen LogP contribution in [0.4, 0.5) is 11.4 Å². The first-order valence-corrected chi connectivity index (χ1v) is 13.4. The highest BCUT2D eigenvalue weighted by atomic mass is 79.9. The molecule has 3 rings (SSSR count). The van der Waals surface area contributed by atoms with Crippen LogP contribution in [0.5, 0.6) is 5.75 Å². The number of hydrogen-bond acceptors (Lipinski definition) is 5. The number of halogens is 2. The second kappa shape index (κ2) is 11.3. The zero-order valence-electron chi connectivity index (χ0n) is 18.2. The molecule has 0 unspecified atom stereocenters. The van der Waals surface area contributed by atoms with E-state index in [1.165, 1.54) is 12.1 Å². The van der Waals surface area contributed by atoms with Gasteiger partial charge < -0.3 is 10.1 Å². The Kier molecular flexibility index (Phi) is 8.69. The number of nitrogens with one attached hydrogen (secondary N) is 3. The zero-order chi connectivity index (χ0) is 24.9. The molecule has 0 spiro atoms. The molecule has 0 aliphatic carbocycles. The first-order chi connectivity index (χ1) is 16.0. The van der Waals surface area contributed by atoms with Crippen LogP contribution in [0.3, 0.4) is 0 Å². The van der Waals surface area contributed by atoms with Crippen molar-refractivity contribution in [2.45, 2.75) is 18.7 Å². The molecular weight excluding hydrogens is 606 g/mol. The van der Waals surface area contributed by atoms with Gasteiger partial charge in [-0.3, -0.25) is 14.8 Å². The number of benzene rings is 3. The number of amides is 1. The van der Waals surface area contributed by atoms with Gasteiger partial charge in [-0.15, -0.1) is 0 Å². The van der Waals surface area contributed by atoms with Gasteiger partial charge in [0.15, 0.2) is 11.7 Å². The van der Waals surface area contributed by atoms with E-state index in [0.717, 1.165) is 15.6 Å². The maximum Gasteiger partial charge on any atom is 0.264 e. The van der Waals surface area contributed by atoms with Gasteiger partial charge in [0.2, 0.25) is 0 Å². The molecule has 0 aliphatic heterocycles. The number of ether oxygens (including phenoxy) is 1. The Morgan fingerprint density at radius 1 is 1.00 bits per heavy atom. The summed E-state index contributed by atoms with van der Waals surface area (Å²) < 4.78 is 35.1. The lowest BCUT2D eigenvalue weighted by Crippen LogP contribution is -2.37. The van der Waals surface area contributed by atoms with E-state index in [4.69, 9.17) is 17.0 Å². The number of thiocarbonyl (C=S) groups is 1. The van der Waals surface area contributed by atoms with Gasteiger partial charge in [-0.2, -0.15) is 0 Å². The first-order valence-electron chi connectivity index (χ1n) is 9.92. The predicted octanol–water partition coefficient (Wildman–Crippen LogP) is 5.52. The van der Waals surface area contributed by atoms with Crippen LogP contribution in [0, 0.1) is 13.8 Å². The fourth-order valence-electron chi connectivity index (χ4n) is 2.91. The molecule has 3 aromatic carbocycles. The van der Waals surface area contributed by atoms with Crippen LogP contribution in [-0.4, -0.2) is 26.0 Å². The highest BCUT2D eigenvalue weighted by molar-refractivity contribution is 9.11. The van der Waals surface area contributed by atoms with Crippen molar-refractivity contribution in [2.75, 3.05) is 16.6 Å². The van der Waals surface area contributed by atoms with Crippen molar-refractivity contribution in [3.63, 3.8) is 0 Å². The van der Waals surface area contributed by atoms with Gasteiger partial charge >= 0.3 is 0 Å². The monoisotopic (exact) mass is 625 g/mol. The first kappa shape index (κ1) is 26.1. The molecule has 0 atom stereocenters. The normalized spacial score (nSPS) is 10.9. The maximum atomic E-state index is 12.7. The third-order valence-corrected chi connectivity index (χ3v) is 7.25. The van der Waals surface area contributed by atoms with E-state index in [0.29, 0.717) is 21.6 Å². The third-order valence-electron chi connectivity index (χ3n) is 4.55. The molecule has 0 heterocycles. The molecule has 0 bridgehead atoms.